The third-order valence-corrected chi connectivity index (χ3v) is 1.53. The van der Waals surface area contributed by atoms with Gasteiger partial charge in [0.05, 0.1) is 21.1 Å². The minimum Gasteiger partial charge on any atom is -0.344 e. The van der Waals surface area contributed by atoms with E-state index in [2.05, 4.69) is 45.4 Å². The average molecular weight is 396 g/mol. The molecule has 0 atom stereocenters. The smallest absolute Gasteiger partial charge is 0.132 e. The van der Waals surface area contributed by atoms with Gasteiger partial charge in [-0.2, -0.15) is 0 Å². The van der Waals surface area contributed by atoms with Crippen molar-refractivity contribution in [3.63, 3.8) is 0 Å². The number of rotatable bonds is 1. The monoisotopic (exact) mass is 393 g/mol. The van der Waals surface area contributed by atoms with Gasteiger partial charge in [-0.3, -0.25) is 4.48 Å². The van der Waals surface area contributed by atoms with E-state index in [0.717, 1.165) is 4.48 Å². The van der Waals surface area contributed by atoms with Gasteiger partial charge in [-0.25, -0.2) is 0 Å². The van der Waals surface area contributed by atoms with Crippen LogP contribution in [0.4, 0.5) is 5.69 Å². The lowest BCUT2D eigenvalue weighted by Crippen LogP contribution is -2.34. The average Bonchev–Trinajstić information content (AvgIpc) is 1.88. The lowest BCUT2D eigenvalue weighted by atomic mass is 10.3. The van der Waals surface area contributed by atoms with Crippen LogP contribution in [0.2, 0.25) is 0 Å². The van der Waals surface area contributed by atoms with Crippen LogP contribution in [0.1, 0.15) is 0 Å². The molecular weight excluding hydrogens is 376 g/mol. The number of quaternary nitrogens is 1. The van der Waals surface area contributed by atoms with Crippen LogP contribution < -0.4 is 10.6 Å². The Bertz CT molecular complexity index is 209. The predicted molar refractivity (Wildman–Crippen MR) is 82.0 cm³/mol. The first-order valence-electron chi connectivity index (χ1n) is 3.48. The summed E-state index contributed by atoms with van der Waals surface area (Å²) in [4.78, 5) is 0. The minimum absolute atomic E-state index is 0. The van der Waals surface area contributed by atoms with Gasteiger partial charge in [0.2, 0.25) is 0 Å². The van der Waals surface area contributed by atoms with Crippen molar-refractivity contribution in [3.05, 3.63) is 30.3 Å². The van der Waals surface area contributed by atoms with Crippen molar-refractivity contribution >= 4 is 56.6 Å². The molecule has 0 aliphatic rings. The van der Waals surface area contributed by atoms with Crippen LogP contribution in [0.5, 0.6) is 0 Å². The van der Waals surface area contributed by atoms with Crippen LogP contribution in [0.25, 0.3) is 0 Å². The Labute approximate surface area is 118 Å². The highest BCUT2D eigenvalue weighted by atomic mass is 79.9. The summed E-state index contributed by atoms with van der Waals surface area (Å²) in [5.41, 5.74) is 1.34. The highest BCUT2D eigenvalue weighted by Crippen LogP contribution is 2.14. The molecule has 0 aromatic heterocycles. The molecule has 0 aliphatic heterocycles. The maximum Gasteiger partial charge on any atom is 0.132 e. The maximum absolute atomic E-state index is 2.16. The number of hydrogen-bond donors (Lipinski definition) is 1. The molecule has 0 spiro atoms. The van der Waals surface area contributed by atoms with E-state index in [-0.39, 0.29) is 57.1 Å². The minimum atomic E-state index is 0. The van der Waals surface area contributed by atoms with Crippen molar-refractivity contribution in [3.8, 4) is 0 Å². The van der Waals surface area contributed by atoms with E-state index in [9.17, 15) is 0 Å². The van der Waals surface area contributed by atoms with E-state index in [1.54, 1.807) is 0 Å². The zero-order valence-electron chi connectivity index (χ0n) is 8.77. The molecule has 0 aliphatic carbocycles. The Kier molecular flexibility index (Phi) is 17.3. The van der Waals surface area contributed by atoms with Gasteiger partial charge in [-0.15, -0.1) is 50.9 Å². The van der Waals surface area contributed by atoms with Crippen molar-refractivity contribution in [1.29, 1.82) is 0 Å². The number of hydrogen-bond acceptors (Lipinski definition) is 1. The second-order valence-electron chi connectivity index (χ2n) is 3.35. The van der Waals surface area contributed by atoms with Gasteiger partial charge in [-0.05, 0) is 12.1 Å². The molecule has 1 rings (SSSR count). The Morgan fingerprint density at radius 2 is 1.14 bits per heavy atom. The van der Waals surface area contributed by atoms with E-state index in [4.69, 9.17) is 0 Å². The summed E-state index contributed by atoms with van der Waals surface area (Å²) in [5.74, 6) is 0. The van der Waals surface area contributed by atoms with Gasteiger partial charge in [0.15, 0.2) is 0 Å². The van der Waals surface area contributed by atoms with E-state index in [1.807, 2.05) is 6.07 Å². The molecule has 3 N–H and O–H groups in total. The third kappa shape index (κ3) is 7.94. The fourth-order valence-electron chi connectivity index (χ4n) is 0.875. The van der Waals surface area contributed by atoms with E-state index in [1.165, 1.54) is 5.69 Å². The van der Waals surface area contributed by atoms with Crippen molar-refractivity contribution in [1.82, 2.24) is 10.6 Å². The molecule has 0 bridgehead atoms. The number of nitrogens with zero attached hydrogens (tertiary/aromatic N) is 1. The van der Waals surface area contributed by atoms with E-state index >= 15 is 0 Å². The number of para-hydroxylation sites is 1. The van der Waals surface area contributed by atoms with Gasteiger partial charge in [-0.1, -0.05) is 18.2 Å². The molecule has 0 saturated carbocycles. The van der Waals surface area contributed by atoms with Crippen molar-refractivity contribution in [2.24, 2.45) is 0 Å². The Hall–Kier alpha value is 0.580. The Balaban J connectivity index is -0.000000125. The molecule has 0 unspecified atom stereocenters. The second-order valence-corrected chi connectivity index (χ2v) is 3.35. The third-order valence-electron chi connectivity index (χ3n) is 1.53. The van der Waals surface area contributed by atoms with Crippen molar-refractivity contribution in [2.45, 2.75) is 0 Å². The Morgan fingerprint density at radius 1 is 0.786 bits per heavy atom. The summed E-state index contributed by atoms with van der Waals surface area (Å²) in [7, 11) is 6.49. The molecule has 0 saturated heterocycles. The normalized spacial score (nSPS) is 8.21. The van der Waals surface area contributed by atoms with Gasteiger partial charge < -0.3 is 6.15 Å². The lowest BCUT2D eigenvalue weighted by Gasteiger charge is -2.22. The van der Waals surface area contributed by atoms with Crippen molar-refractivity contribution < 1.29 is 0 Å². The fourth-order valence-corrected chi connectivity index (χ4v) is 0.875. The van der Waals surface area contributed by atoms with Gasteiger partial charge >= 0.3 is 0 Å². The summed E-state index contributed by atoms with van der Waals surface area (Å²) in [6.07, 6.45) is 0. The lowest BCUT2D eigenvalue weighted by molar-refractivity contribution is 0.486. The topological polar surface area (TPSA) is 35.0 Å². The first kappa shape index (κ1) is 24.0. The molecule has 86 valence electrons. The summed E-state index contributed by atoms with van der Waals surface area (Å²) >= 11 is 0. The molecule has 1 aromatic rings. The first-order valence-corrected chi connectivity index (χ1v) is 3.48. The van der Waals surface area contributed by atoms with Crippen LogP contribution in [-0.2, 0) is 0 Å². The van der Waals surface area contributed by atoms with Gasteiger partial charge in [0, 0.05) is 0 Å². The highest BCUT2D eigenvalue weighted by Gasteiger charge is 2.08. The summed E-state index contributed by atoms with van der Waals surface area (Å²) in [6.45, 7) is 0. The quantitative estimate of drug-likeness (QED) is 0.721. The zero-order valence-corrected chi connectivity index (χ0v) is 13.9. The zero-order chi connectivity index (χ0) is 7.61. The largest absolute Gasteiger partial charge is 0.344 e. The first-order chi connectivity index (χ1) is 4.61. The van der Waals surface area contributed by atoms with Gasteiger partial charge in [0.1, 0.15) is 5.69 Å². The maximum atomic E-state index is 2.16. The summed E-state index contributed by atoms with van der Waals surface area (Å²) < 4.78 is 0.890. The molecule has 1 aromatic carbocycles. The molecule has 0 heterocycles. The summed E-state index contributed by atoms with van der Waals surface area (Å²) in [5, 5.41) is 0. The molecule has 5 heteroatoms. The highest BCUT2D eigenvalue weighted by molar-refractivity contribution is 8.93. The predicted octanol–water partition coefficient (Wildman–Crippen LogP) is 3.78. The molecule has 0 amide bonds. The molecular formula is C9H20Br3N2+. The van der Waals surface area contributed by atoms with Gasteiger partial charge in [0.25, 0.3) is 0 Å². The number of benzene rings is 1. The standard InChI is InChI=1S/C9H14N.3BrH.H3N/c1-10(2,3)9-7-5-4-6-8-9;;;;/h4-8H,1-3H3;3*1H;1H3/q+1;;;;. The van der Waals surface area contributed by atoms with Crippen LogP contribution in [0.3, 0.4) is 0 Å². The van der Waals surface area contributed by atoms with Crippen LogP contribution in [0, 0.1) is 0 Å². The fraction of sp³-hybridized carbons (Fsp3) is 0.333. The molecule has 2 nitrogen and oxygen atoms in total. The van der Waals surface area contributed by atoms with E-state index in [0.29, 0.717) is 0 Å². The van der Waals surface area contributed by atoms with Crippen LogP contribution in [0.15, 0.2) is 30.3 Å². The number of halogens is 3. The molecule has 0 fully saturated rings. The van der Waals surface area contributed by atoms with Crippen molar-refractivity contribution in [2.75, 3.05) is 21.1 Å². The summed E-state index contributed by atoms with van der Waals surface area (Å²) in [6, 6.07) is 10.5. The van der Waals surface area contributed by atoms with Crippen LogP contribution in [-0.4, -0.2) is 21.1 Å². The van der Waals surface area contributed by atoms with E-state index < -0.39 is 0 Å². The van der Waals surface area contributed by atoms with Crippen LogP contribution >= 0.6 is 50.9 Å². The SMILES string of the molecule is Br.Br.Br.C[N+](C)(C)c1ccccc1.N. The Morgan fingerprint density at radius 3 is 1.36 bits per heavy atom. The molecule has 14 heavy (non-hydrogen) atoms. The second kappa shape index (κ2) is 10.1. The molecule has 0 radical (unpaired) electrons.